The van der Waals surface area contributed by atoms with Gasteiger partial charge >= 0.3 is 0 Å². The van der Waals surface area contributed by atoms with Crippen LogP contribution < -0.4 is 9.80 Å². The van der Waals surface area contributed by atoms with Crippen LogP contribution in [0.2, 0.25) is 0 Å². The Labute approximate surface area is 140 Å². The van der Waals surface area contributed by atoms with Crippen LogP contribution in [0.3, 0.4) is 0 Å². The fourth-order valence-electron chi connectivity index (χ4n) is 3.35. The monoisotopic (exact) mass is 322 g/mol. The number of β-lactam (4-membered cyclic amide) rings is 1. The van der Waals surface area contributed by atoms with Gasteiger partial charge in [-0.3, -0.25) is 14.5 Å². The minimum atomic E-state index is -0.432. The predicted molar refractivity (Wildman–Crippen MR) is 90.8 cm³/mol. The zero-order valence-corrected chi connectivity index (χ0v) is 13.4. The number of amides is 2. The topological polar surface area (TPSA) is 49.9 Å². The lowest BCUT2D eigenvalue weighted by molar-refractivity contribution is -0.122. The molecule has 1 unspecified atom stereocenters. The Morgan fingerprint density at radius 2 is 1.67 bits per heavy atom. The van der Waals surface area contributed by atoms with Gasteiger partial charge in [-0.15, -0.1) is 0 Å². The van der Waals surface area contributed by atoms with Gasteiger partial charge in [-0.1, -0.05) is 24.3 Å². The van der Waals surface area contributed by atoms with Crippen LogP contribution in [0.25, 0.3) is 0 Å². The molecule has 4 rings (SSSR count). The van der Waals surface area contributed by atoms with Gasteiger partial charge in [-0.05, 0) is 29.8 Å². The Hall–Kier alpha value is -2.66. The molecule has 5 heteroatoms. The number of nitrogens with zero attached hydrogens (tertiary/aromatic N) is 2. The smallest absolute Gasteiger partial charge is 0.233 e. The standard InChI is InChI=1S/C19H18N2O3/c1-24-19-16-5-3-2-4-13(16)12-18(23)21(19)15-8-6-14(7-9-15)20-11-10-17(20)22/h2-9,19H,10-12H2,1H3. The maximum atomic E-state index is 12.6. The van der Waals surface area contributed by atoms with E-state index in [1.165, 1.54) is 0 Å². The van der Waals surface area contributed by atoms with Crippen LogP contribution in [-0.4, -0.2) is 25.5 Å². The lowest BCUT2D eigenvalue weighted by Gasteiger charge is -2.36. The molecule has 1 fully saturated rings. The summed E-state index contributed by atoms with van der Waals surface area (Å²) in [5.74, 6) is 0.147. The van der Waals surface area contributed by atoms with Crippen molar-refractivity contribution in [2.75, 3.05) is 23.5 Å². The highest BCUT2D eigenvalue weighted by Gasteiger charge is 2.33. The fraction of sp³-hybridized carbons (Fsp3) is 0.263. The Kier molecular flexibility index (Phi) is 3.58. The third kappa shape index (κ3) is 2.29. The summed E-state index contributed by atoms with van der Waals surface area (Å²) in [4.78, 5) is 27.6. The Morgan fingerprint density at radius 3 is 2.29 bits per heavy atom. The van der Waals surface area contributed by atoms with Crippen LogP contribution in [0.5, 0.6) is 0 Å². The predicted octanol–water partition coefficient (Wildman–Crippen LogP) is 2.66. The summed E-state index contributed by atoms with van der Waals surface area (Å²) in [6.45, 7) is 0.759. The average molecular weight is 322 g/mol. The van der Waals surface area contributed by atoms with Gasteiger partial charge in [0, 0.05) is 37.0 Å². The maximum absolute atomic E-state index is 12.6. The summed E-state index contributed by atoms with van der Waals surface area (Å²) in [6, 6.07) is 15.4. The normalized spacial score (nSPS) is 20.0. The van der Waals surface area contributed by atoms with E-state index < -0.39 is 6.23 Å². The van der Waals surface area contributed by atoms with E-state index in [4.69, 9.17) is 4.74 Å². The maximum Gasteiger partial charge on any atom is 0.233 e. The van der Waals surface area contributed by atoms with Crippen LogP contribution in [0.1, 0.15) is 23.8 Å². The molecule has 0 radical (unpaired) electrons. The molecule has 0 N–H and O–H groups in total. The largest absolute Gasteiger partial charge is 0.357 e. The van der Waals surface area contributed by atoms with E-state index in [2.05, 4.69) is 0 Å². The summed E-state index contributed by atoms with van der Waals surface area (Å²) in [5.41, 5.74) is 3.67. The van der Waals surface area contributed by atoms with E-state index in [-0.39, 0.29) is 11.8 Å². The molecule has 0 saturated carbocycles. The van der Waals surface area contributed by atoms with Crippen LogP contribution in [0, 0.1) is 0 Å². The van der Waals surface area contributed by atoms with E-state index in [1.54, 1.807) is 16.9 Å². The lowest BCUT2D eigenvalue weighted by atomic mass is 9.97. The number of benzene rings is 2. The summed E-state index contributed by atoms with van der Waals surface area (Å²) in [7, 11) is 1.61. The highest BCUT2D eigenvalue weighted by atomic mass is 16.5. The molecule has 24 heavy (non-hydrogen) atoms. The zero-order chi connectivity index (χ0) is 16.7. The van der Waals surface area contributed by atoms with Gasteiger partial charge in [0.15, 0.2) is 6.23 Å². The van der Waals surface area contributed by atoms with Crippen molar-refractivity contribution in [3.05, 3.63) is 59.7 Å². The second-order valence-electron chi connectivity index (χ2n) is 6.04. The number of anilines is 2. The molecule has 5 nitrogen and oxygen atoms in total. The SMILES string of the molecule is COC1c2ccccc2CC(=O)N1c1ccc(N2CCC2=O)cc1. The molecule has 2 aliphatic rings. The van der Waals surface area contributed by atoms with Crippen molar-refractivity contribution < 1.29 is 14.3 Å². The first kappa shape index (κ1) is 14.9. The summed E-state index contributed by atoms with van der Waals surface area (Å²) < 4.78 is 5.62. The summed E-state index contributed by atoms with van der Waals surface area (Å²) in [6.07, 6.45) is 0.538. The van der Waals surface area contributed by atoms with Crippen LogP contribution in [-0.2, 0) is 20.7 Å². The Bertz CT molecular complexity index is 801. The third-order valence-corrected chi connectivity index (χ3v) is 4.68. The van der Waals surface area contributed by atoms with Crippen molar-refractivity contribution >= 4 is 23.2 Å². The number of methoxy groups -OCH3 is 1. The fourth-order valence-corrected chi connectivity index (χ4v) is 3.35. The molecule has 1 saturated heterocycles. The number of carbonyl (C=O) groups is 2. The highest BCUT2D eigenvalue weighted by molar-refractivity contribution is 6.00. The van der Waals surface area contributed by atoms with Crippen LogP contribution in [0.4, 0.5) is 11.4 Å². The van der Waals surface area contributed by atoms with E-state index >= 15 is 0 Å². The van der Waals surface area contributed by atoms with Crippen molar-refractivity contribution in [2.45, 2.75) is 19.1 Å². The quantitative estimate of drug-likeness (QED) is 0.816. The molecule has 0 aliphatic carbocycles. The second-order valence-corrected chi connectivity index (χ2v) is 6.04. The molecule has 2 aromatic carbocycles. The summed E-state index contributed by atoms with van der Waals surface area (Å²) in [5, 5.41) is 0. The third-order valence-electron chi connectivity index (χ3n) is 4.68. The van der Waals surface area contributed by atoms with E-state index in [9.17, 15) is 9.59 Å². The lowest BCUT2D eigenvalue weighted by Crippen LogP contribution is -2.43. The molecule has 0 aromatic heterocycles. The highest BCUT2D eigenvalue weighted by Crippen LogP contribution is 2.35. The van der Waals surface area contributed by atoms with Gasteiger partial charge in [0.25, 0.3) is 0 Å². The molecular formula is C19H18N2O3. The van der Waals surface area contributed by atoms with Crippen molar-refractivity contribution in [1.29, 1.82) is 0 Å². The average Bonchev–Trinajstić information content (AvgIpc) is 2.60. The van der Waals surface area contributed by atoms with Gasteiger partial charge in [0.2, 0.25) is 11.8 Å². The molecule has 2 amide bonds. The minimum Gasteiger partial charge on any atom is -0.357 e. The first-order valence-corrected chi connectivity index (χ1v) is 8.02. The molecule has 2 heterocycles. The van der Waals surface area contributed by atoms with Crippen LogP contribution >= 0.6 is 0 Å². The first-order valence-electron chi connectivity index (χ1n) is 8.02. The van der Waals surface area contributed by atoms with Crippen molar-refractivity contribution in [3.63, 3.8) is 0 Å². The molecule has 2 aromatic rings. The van der Waals surface area contributed by atoms with Gasteiger partial charge < -0.3 is 9.64 Å². The molecule has 122 valence electrons. The van der Waals surface area contributed by atoms with Crippen molar-refractivity contribution in [3.8, 4) is 0 Å². The number of hydrogen-bond acceptors (Lipinski definition) is 3. The van der Waals surface area contributed by atoms with Gasteiger partial charge in [-0.2, -0.15) is 0 Å². The van der Waals surface area contributed by atoms with E-state index in [1.807, 2.05) is 48.5 Å². The number of fused-ring (bicyclic) bond motifs is 1. The number of rotatable bonds is 3. The molecular weight excluding hydrogens is 304 g/mol. The number of ether oxygens (including phenoxy) is 1. The molecule has 1 atom stereocenters. The van der Waals surface area contributed by atoms with Gasteiger partial charge in [0.05, 0.1) is 6.42 Å². The van der Waals surface area contributed by atoms with Gasteiger partial charge in [-0.25, -0.2) is 0 Å². The van der Waals surface area contributed by atoms with E-state index in [0.29, 0.717) is 12.8 Å². The summed E-state index contributed by atoms with van der Waals surface area (Å²) >= 11 is 0. The Balaban J connectivity index is 1.67. The first-order chi connectivity index (χ1) is 11.7. The van der Waals surface area contributed by atoms with E-state index in [0.717, 1.165) is 29.0 Å². The van der Waals surface area contributed by atoms with Crippen molar-refractivity contribution in [2.24, 2.45) is 0 Å². The molecule has 0 bridgehead atoms. The van der Waals surface area contributed by atoms with Gasteiger partial charge in [0.1, 0.15) is 0 Å². The van der Waals surface area contributed by atoms with Crippen molar-refractivity contribution in [1.82, 2.24) is 0 Å². The molecule has 2 aliphatic heterocycles. The second kappa shape index (κ2) is 5.76. The zero-order valence-electron chi connectivity index (χ0n) is 13.4. The number of carbonyl (C=O) groups excluding carboxylic acids is 2. The van der Waals surface area contributed by atoms with Crippen LogP contribution in [0.15, 0.2) is 48.5 Å². The number of hydrogen-bond donors (Lipinski definition) is 0. The minimum absolute atomic E-state index is 0.00771. The Morgan fingerprint density at radius 1 is 0.958 bits per heavy atom. The molecule has 0 spiro atoms.